The molecule has 0 bridgehead atoms. The number of carbonyl (C=O) groups is 2. The standard InChI is InChI=1S/C14H12ClN3O5S/c15-9-3-1-8(2-4-9)11-12(13(20)23-7-10(16)19)18-5-6-24(21,22)14(18)17-11/h1-4H,5-7H2,(H2,16,19). The molecule has 1 aromatic carbocycles. The number of sulfone groups is 1. The summed E-state index contributed by atoms with van der Waals surface area (Å²) in [6, 6.07) is 6.40. The van der Waals surface area contributed by atoms with Crippen LogP contribution in [-0.4, -0.2) is 42.2 Å². The molecule has 3 rings (SSSR count). The Morgan fingerprint density at radius 3 is 2.58 bits per heavy atom. The van der Waals surface area contributed by atoms with Crippen molar-refractivity contribution >= 4 is 33.3 Å². The Balaban J connectivity index is 2.13. The maximum atomic E-state index is 12.3. The zero-order valence-electron chi connectivity index (χ0n) is 12.2. The number of aromatic nitrogens is 2. The normalized spacial score (nSPS) is 15.0. The Labute approximate surface area is 142 Å². The molecule has 0 fully saturated rings. The van der Waals surface area contributed by atoms with Crippen LogP contribution in [-0.2, 0) is 25.9 Å². The summed E-state index contributed by atoms with van der Waals surface area (Å²) >= 11 is 5.84. The first kappa shape index (κ1) is 16.5. The topological polar surface area (TPSA) is 121 Å². The Morgan fingerprint density at radius 1 is 1.29 bits per heavy atom. The summed E-state index contributed by atoms with van der Waals surface area (Å²) < 4.78 is 30.2. The van der Waals surface area contributed by atoms with Gasteiger partial charge in [-0.3, -0.25) is 4.79 Å². The lowest BCUT2D eigenvalue weighted by molar-refractivity contribution is -0.121. The second-order valence-electron chi connectivity index (χ2n) is 5.11. The van der Waals surface area contributed by atoms with Crippen molar-refractivity contribution < 1.29 is 22.7 Å². The highest BCUT2D eigenvalue weighted by atomic mass is 35.5. The third kappa shape index (κ3) is 2.87. The van der Waals surface area contributed by atoms with Gasteiger partial charge in [0.15, 0.2) is 12.3 Å². The molecular weight excluding hydrogens is 358 g/mol. The smallest absolute Gasteiger partial charge is 0.357 e. The third-order valence-electron chi connectivity index (χ3n) is 3.45. The minimum absolute atomic E-state index is 0.0327. The highest BCUT2D eigenvalue weighted by molar-refractivity contribution is 7.91. The van der Waals surface area contributed by atoms with E-state index < -0.39 is 28.3 Å². The number of halogens is 1. The summed E-state index contributed by atoms with van der Waals surface area (Å²) in [6.07, 6.45) is 0. The number of rotatable bonds is 4. The fraction of sp³-hybridized carbons (Fsp3) is 0.214. The molecule has 2 aromatic rings. The van der Waals surface area contributed by atoms with Crippen molar-refractivity contribution in [3.63, 3.8) is 0 Å². The number of benzene rings is 1. The monoisotopic (exact) mass is 369 g/mol. The number of esters is 1. The second kappa shape index (κ2) is 5.91. The van der Waals surface area contributed by atoms with Gasteiger partial charge in [-0.1, -0.05) is 23.7 Å². The zero-order chi connectivity index (χ0) is 17.5. The molecule has 0 radical (unpaired) electrons. The summed E-state index contributed by atoms with van der Waals surface area (Å²) in [4.78, 5) is 27.3. The SMILES string of the molecule is NC(=O)COC(=O)c1c(-c2ccc(Cl)cc2)nc2n1CCS2(=O)=O. The molecule has 10 heteroatoms. The van der Waals surface area contributed by atoms with Gasteiger partial charge in [-0.25, -0.2) is 18.2 Å². The lowest BCUT2D eigenvalue weighted by Crippen LogP contribution is -2.22. The Kier molecular flexibility index (Phi) is 4.06. The number of amides is 1. The molecule has 1 aliphatic rings. The molecule has 0 aliphatic carbocycles. The van der Waals surface area contributed by atoms with Gasteiger partial charge in [-0.2, -0.15) is 0 Å². The Morgan fingerprint density at radius 2 is 1.96 bits per heavy atom. The van der Waals surface area contributed by atoms with Crippen molar-refractivity contribution in [1.82, 2.24) is 9.55 Å². The van der Waals surface area contributed by atoms with E-state index in [9.17, 15) is 18.0 Å². The quantitative estimate of drug-likeness (QED) is 0.789. The first-order valence-corrected chi connectivity index (χ1v) is 8.87. The number of nitrogens with zero attached hydrogens (tertiary/aromatic N) is 2. The first-order valence-electron chi connectivity index (χ1n) is 6.84. The highest BCUT2D eigenvalue weighted by Gasteiger charge is 2.36. The van der Waals surface area contributed by atoms with E-state index >= 15 is 0 Å². The molecule has 2 heterocycles. The van der Waals surface area contributed by atoms with Gasteiger partial charge in [-0.15, -0.1) is 0 Å². The third-order valence-corrected chi connectivity index (χ3v) is 5.29. The van der Waals surface area contributed by atoms with Crippen molar-refractivity contribution in [2.75, 3.05) is 12.4 Å². The molecule has 2 N–H and O–H groups in total. The molecule has 0 atom stereocenters. The van der Waals surface area contributed by atoms with Crippen LogP contribution in [0.25, 0.3) is 11.3 Å². The fourth-order valence-electron chi connectivity index (χ4n) is 2.40. The lowest BCUT2D eigenvalue weighted by Gasteiger charge is -2.07. The van der Waals surface area contributed by atoms with Crippen molar-refractivity contribution in [2.24, 2.45) is 5.73 Å². The highest BCUT2D eigenvalue weighted by Crippen LogP contribution is 2.31. The van der Waals surface area contributed by atoms with Crippen molar-refractivity contribution in [1.29, 1.82) is 0 Å². The number of nitrogens with two attached hydrogens (primary N) is 1. The van der Waals surface area contributed by atoms with Gasteiger partial charge >= 0.3 is 5.97 Å². The van der Waals surface area contributed by atoms with Crippen LogP contribution < -0.4 is 5.73 Å². The van der Waals surface area contributed by atoms with Crippen molar-refractivity contribution in [3.05, 3.63) is 35.0 Å². The lowest BCUT2D eigenvalue weighted by atomic mass is 10.1. The largest absolute Gasteiger partial charge is 0.451 e. The van der Waals surface area contributed by atoms with Gasteiger partial charge in [0.25, 0.3) is 5.91 Å². The van der Waals surface area contributed by atoms with Crippen LogP contribution in [0.2, 0.25) is 5.02 Å². The molecular formula is C14H12ClN3O5S. The van der Waals surface area contributed by atoms with E-state index in [1.54, 1.807) is 24.3 Å². The van der Waals surface area contributed by atoms with Gasteiger partial charge in [0.05, 0.1) is 5.75 Å². The number of primary amides is 1. The second-order valence-corrected chi connectivity index (χ2v) is 7.55. The Bertz CT molecular complexity index is 934. The van der Waals surface area contributed by atoms with Crippen LogP contribution >= 0.6 is 11.6 Å². The summed E-state index contributed by atoms with van der Waals surface area (Å²) in [5, 5.41) is 0.287. The van der Waals surface area contributed by atoms with Gasteiger partial charge in [0.2, 0.25) is 15.0 Å². The predicted molar refractivity (Wildman–Crippen MR) is 84.2 cm³/mol. The molecule has 24 heavy (non-hydrogen) atoms. The van der Waals surface area contributed by atoms with Crippen molar-refractivity contribution in [3.8, 4) is 11.3 Å². The van der Waals surface area contributed by atoms with E-state index in [-0.39, 0.29) is 28.8 Å². The summed E-state index contributed by atoms with van der Waals surface area (Å²) in [5.74, 6) is -1.83. The summed E-state index contributed by atoms with van der Waals surface area (Å²) in [6.45, 7) is -0.522. The molecule has 0 saturated carbocycles. The van der Waals surface area contributed by atoms with Crippen LogP contribution in [0.3, 0.4) is 0 Å². The van der Waals surface area contributed by atoms with Crippen LogP contribution in [0.15, 0.2) is 29.4 Å². The van der Waals surface area contributed by atoms with Crippen LogP contribution in [0.1, 0.15) is 10.5 Å². The number of carbonyl (C=O) groups excluding carboxylic acids is 2. The Hall–Kier alpha value is -2.39. The zero-order valence-corrected chi connectivity index (χ0v) is 13.8. The average Bonchev–Trinajstić information content (AvgIpc) is 3.04. The molecule has 8 nitrogen and oxygen atoms in total. The average molecular weight is 370 g/mol. The van der Waals surface area contributed by atoms with Gasteiger partial charge in [0, 0.05) is 17.1 Å². The van der Waals surface area contributed by atoms with Gasteiger partial charge in [0.1, 0.15) is 5.69 Å². The predicted octanol–water partition coefficient (Wildman–Crippen LogP) is 0.633. The molecule has 1 amide bonds. The number of ether oxygens (including phenoxy) is 1. The van der Waals surface area contributed by atoms with E-state index in [4.69, 9.17) is 22.1 Å². The maximum Gasteiger partial charge on any atom is 0.357 e. The molecule has 1 aliphatic heterocycles. The first-order chi connectivity index (χ1) is 11.3. The number of hydrogen-bond acceptors (Lipinski definition) is 6. The molecule has 0 unspecified atom stereocenters. The minimum atomic E-state index is -3.56. The minimum Gasteiger partial charge on any atom is -0.451 e. The van der Waals surface area contributed by atoms with Gasteiger partial charge < -0.3 is 15.0 Å². The van der Waals surface area contributed by atoms with E-state index in [0.717, 1.165) is 0 Å². The van der Waals surface area contributed by atoms with E-state index in [1.165, 1.54) is 4.57 Å². The molecule has 0 spiro atoms. The van der Waals surface area contributed by atoms with Crippen LogP contribution in [0.4, 0.5) is 0 Å². The molecule has 126 valence electrons. The van der Waals surface area contributed by atoms with E-state index in [0.29, 0.717) is 10.6 Å². The molecule has 0 saturated heterocycles. The van der Waals surface area contributed by atoms with Crippen molar-refractivity contribution in [2.45, 2.75) is 11.7 Å². The number of fused-ring (bicyclic) bond motifs is 1. The van der Waals surface area contributed by atoms with E-state index in [1.807, 2.05) is 0 Å². The number of hydrogen-bond donors (Lipinski definition) is 1. The van der Waals surface area contributed by atoms with Gasteiger partial charge in [-0.05, 0) is 12.1 Å². The van der Waals surface area contributed by atoms with Crippen LogP contribution in [0, 0.1) is 0 Å². The maximum absolute atomic E-state index is 12.3. The molecule has 1 aromatic heterocycles. The summed E-state index contributed by atoms with van der Waals surface area (Å²) in [5.41, 5.74) is 5.59. The van der Waals surface area contributed by atoms with E-state index in [2.05, 4.69) is 4.98 Å². The summed E-state index contributed by atoms with van der Waals surface area (Å²) in [7, 11) is -3.56. The van der Waals surface area contributed by atoms with Crippen LogP contribution in [0.5, 0.6) is 0 Å². The fourth-order valence-corrected chi connectivity index (χ4v) is 3.88. The number of imidazole rings is 1.